The molecular weight excluding hydrogens is 311 g/mol. The van der Waals surface area contributed by atoms with Gasteiger partial charge in [-0.25, -0.2) is 4.79 Å². The van der Waals surface area contributed by atoms with Crippen molar-refractivity contribution in [3.05, 3.63) is 24.3 Å². The number of urea groups is 1. The van der Waals surface area contributed by atoms with Crippen LogP contribution >= 0.6 is 0 Å². The highest BCUT2D eigenvalue weighted by Crippen LogP contribution is 2.24. The maximum Gasteiger partial charge on any atom is 0.573 e. The minimum Gasteiger partial charge on any atom is -0.406 e. The van der Waals surface area contributed by atoms with Crippen molar-refractivity contribution in [2.75, 3.05) is 18.4 Å². The molecule has 1 aromatic rings. The first kappa shape index (κ1) is 17.4. The van der Waals surface area contributed by atoms with E-state index < -0.39 is 6.36 Å². The maximum atomic E-state index is 12.1. The van der Waals surface area contributed by atoms with Crippen LogP contribution in [0.5, 0.6) is 5.75 Å². The van der Waals surface area contributed by atoms with Crippen LogP contribution in [0.15, 0.2) is 24.3 Å². The molecule has 1 aliphatic rings. The topological polar surface area (TPSA) is 62.4 Å². The van der Waals surface area contributed by atoms with Crippen LogP contribution in [0, 0.1) is 5.92 Å². The van der Waals surface area contributed by atoms with Crippen molar-refractivity contribution in [1.82, 2.24) is 10.6 Å². The molecule has 23 heavy (non-hydrogen) atoms. The first-order chi connectivity index (χ1) is 10.8. The van der Waals surface area contributed by atoms with Gasteiger partial charge in [0.2, 0.25) is 0 Å². The standard InChI is InChI=1S/C15H20F3N3O2/c1-10(11-3-2-8-19-9-11)20-14(22)21-12-4-6-13(7-5-12)23-15(16,17)18/h4-7,10-11,19H,2-3,8-9H2,1H3,(H2,20,21,22). The molecule has 2 rings (SSSR count). The number of ether oxygens (including phenoxy) is 1. The third-order valence-electron chi connectivity index (χ3n) is 3.75. The fraction of sp³-hybridized carbons (Fsp3) is 0.533. The van der Waals surface area contributed by atoms with Crippen LogP contribution in [-0.2, 0) is 0 Å². The highest BCUT2D eigenvalue weighted by molar-refractivity contribution is 5.89. The highest BCUT2D eigenvalue weighted by Gasteiger charge is 2.31. The number of nitrogens with one attached hydrogen (secondary N) is 3. The van der Waals surface area contributed by atoms with Gasteiger partial charge in [-0.3, -0.25) is 0 Å². The average molecular weight is 331 g/mol. The molecule has 0 aromatic heterocycles. The lowest BCUT2D eigenvalue weighted by molar-refractivity contribution is -0.274. The number of halogens is 3. The highest BCUT2D eigenvalue weighted by atomic mass is 19.4. The Morgan fingerprint density at radius 2 is 2.04 bits per heavy atom. The Morgan fingerprint density at radius 3 is 2.61 bits per heavy atom. The molecule has 0 aliphatic carbocycles. The summed E-state index contributed by atoms with van der Waals surface area (Å²) >= 11 is 0. The number of rotatable bonds is 4. The Balaban J connectivity index is 1.82. The van der Waals surface area contributed by atoms with Gasteiger partial charge >= 0.3 is 12.4 Å². The molecule has 2 unspecified atom stereocenters. The molecular formula is C15H20F3N3O2. The number of benzene rings is 1. The van der Waals surface area contributed by atoms with Crippen molar-refractivity contribution in [2.45, 2.75) is 32.2 Å². The van der Waals surface area contributed by atoms with Crippen LogP contribution in [0.2, 0.25) is 0 Å². The Morgan fingerprint density at radius 1 is 1.35 bits per heavy atom. The summed E-state index contributed by atoms with van der Waals surface area (Å²) < 4.78 is 40.0. The normalized spacial score (nSPS) is 19.7. The summed E-state index contributed by atoms with van der Waals surface area (Å²) in [5, 5.41) is 8.73. The molecule has 1 fully saturated rings. The number of piperidine rings is 1. The third kappa shape index (κ3) is 5.97. The molecule has 5 nitrogen and oxygen atoms in total. The number of carbonyl (C=O) groups excluding carboxylic acids is 1. The van der Waals surface area contributed by atoms with E-state index in [0.29, 0.717) is 11.6 Å². The SMILES string of the molecule is CC(NC(=O)Nc1ccc(OC(F)(F)F)cc1)C1CCCNC1. The van der Waals surface area contributed by atoms with E-state index in [2.05, 4.69) is 20.7 Å². The average Bonchev–Trinajstić information content (AvgIpc) is 2.48. The van der Waals surface area contributed by atoms with Gasteiger partial charge < -0.3 is 20.7 Å². The predicted molar refractivity (Wildman–Crippen MR) is 80.3 cm³/mol. The summed E-state index contributed by atoms with van der Waals surface area (Å²) in [5.41, 5.74) is 0.394. The van der Waals surface area contributed by atoms with Crippen molar-refractivity contribution in [2.24, 2.45) is 5.92 Å². The molecule has 0 saturated carbocycles. The first-order valence-corrected chi connectivity index (χ1v) is 7.47. The molecule has 2 atom stereocenters. The van der Waals surface area contributed by atoms with E-state index in [-0.39, 0.29) is 17.8 Å². The van der Waals surface area contributed by atoms with Crippen LogP contribution in [0.25, 0.3) is 0 Å². The van der Waals surface area contributed by atoms with E-state index in [1.54, 1.807) is 0 Å². The number of carbonyl (C=O) groups is 1. The van der Waals surface area contributed by atoms with Crippen molar-refractivity contribution in [1.29, 1.82) is 0 Å². The van der Waals surface area contributed by atoms with Crippen molar-refractivity contribution < 1.29 is 22.7 Å². The number of hydrogen-bond acceptors (Lipinski definition) is 3. The van der Waals surface area contributed by atoms with Gasteiger partial charge in [-0.2, -0.15) is 0 Å². The predicted octanol–water partition coefficient (Wildman–Crippen LogP) is 3.09. The maximum absolute atomic E-state index is 12.1. The number of alkyl halides is 3. The smallest absolute Gasteiger partial charge is 0.406 e. The van der Waals surface area contributed by atoms with Crippen molar-refractivity contribution in [3.63, 3.8) is 0 Å². The summed E-state index contributed by atoms with van der Waals surface area (Å²) in [4.78, 5) is 11.9. The van der Waals surface area contributed by atoms with Crippen LogP contribution < -0.4 is 20.7 Å². The molecule has 0 bridgehead atoms. The molecule has 0 spiro atoms. The van der Waals surface area contributed by atoms with E-state index in [9.17, 15) is 18.0 Å². The van der Waals surface area contributed by atoms with E-state index in [4.69, 9.17) is 0 Å². The van der Waals surface area contributed by atoms with Gasteiger partial charge in [-0.15, -0.1) is 13.2 Å². The second-order valence-corrected chi connectivity index (χ2v) is 5.57. The molecule has 1 heterocycles. The minimum absolute atomic E-state index is 0.00985. The molecule has 8 heteroatoms. The summed E-state index contributed by atoms with van der Waals surface area (Å²) in [6.07, 6.45) is -2.59. The lowest BCUT2D eigenvalue weighted by Crippen LogP contribution is -2.45. The molecule has 1 aromatic carbocycles. The second-order valence-electron chi connectivity index (χ2n) is 5.57. The van der Waals surface area contributed by atoms with Crippen LogP contribution in [-0.4, -0.2) is 31.5 Å². The summed E-state index contributed by atoms with van der Waals surface area (Å²) in [5.74, 6) is 0.0437. The van der Waals surface area contributed by atoms with Crippen LogP contribution in [0.1, 0.15) is 19.8 Å². The zero-order valence-electron chi connectivity index (χ0n) is 12.7. The van der Waals surface area contributed by atoms with Crippen LogP contribution in [0.3, 0.4) is 0 Å². The van der Waals surface area contributed by atoms with Crippen LogP contribution in [0.4, 0.5) is 23.7 Å². The van der Waals surface area contributed by atoms with E-state index >= 15 is 0 Å². The molecule has 0 radical (unpaired) electrons. The molecule has 3 N–H and O–H groups in total. The number of hydrogen-bond donors (Lipinski definition) is 3. The second kappa shape index (κ2) is 7.54. The van der Waals surface area contributed by atoms with E-state index in [1.807, 2.05) is 6.92 Å². The van der Waals surface area contributed by atoms with Crippen molar-refractivity contribution >= 4 is 11.7 Å². The Bertz CT molecular complexity index is 514. The van der Waals surface area contributed by atoms with Gasteiger partial charge in [0.15, 0.2) is 0 Å². The summed E-state index contributed by atoms with van der Waals surface area (Å²) in [7, 11) is 0. The van der Waals surface area contributed by atoms with Gasteiger partial charge in [-0.05, 0) is 63.0 Å². The van der Waals surface area contributed by atoms with Gasteiger partial charge in [0.1, 0.15) is 5.75 Å². The molecule has 128 valence electrons. The summed E-state index contributed by atoms with van der Waals surface area (Å²) in [6.45, 7) is 3.81. The largest absolute Gasteiger partial charge is 0.573 e. The number of amides is 2. The lowest BCUT2D eigenvalue weighted by atomic mass is 9.93. The van der Waals surface area contributed by atoms with E-state index in [0.717, 1.165) is 38.1 Å². The lowest BCUT2D eigenvalue weighted by Gasteiger charge is -2.28. The Labute approximate surface area is 132 Å². The Hall–Kier alpha value is -1.96. The van der Waals surface area contributed by atoms with E-state index in [1.165, 1.54) is 12.1 Å². The molecule has 2 amide bonds. The number of anilines is 1. The zero-order valence-corrected chi connectivity index (χ0v) is 12.7. The molecule has 1 saturated heterocycles. The summed E-state index contributed by atoms with van der Waals surface area (Å²) in [6, 6.07) is 4.64. The van der Waals surface area contributed by atoms with Gasteiger partial charge in [0.05, 0.1) is 0 Å². The van der Waals surface area contributed by atoms with Gasteiger partial charge in [-0.1, -0.05) is 0 Å². The van der Waals surface area contributed by atoms with Gasteiger partial charge in [0, 0.05) is 11.7 Å². The zero-order chi connectivity index (χ0) is 16.9. The third-order valence-corrected chi connectivity index (χ3v) is 3.75. The quantitative estimate of drug-likeness (QED) is 0.794. The fourth-order valence-corrected chi connectivity index (χ4v) is 2.54. The first-order valence-electron chi connectivity index (χ1n) is 7.47. The minimum atomic E-state index is -4.73. The van der Waals surface area contributed by atoms with Crippen molar-refractivity contribution in [3.8, 4) is 5.75 Å². The Kier molecular flexibility index (Phi) is 5.70. The monoisotopic (exact) mass is 331 g/mol. The molecule has 1 aliphatic heterocycles. The fourth-order valence-electron chi connectivity index (χ4n) is 2.54. The van der Waals surface area contributed by atoms with Gasteiger partial charge in [0.25, 0.3) is 0 Å².